The lowest BCUT2D eigenvalue weighted by Gasteiger charge is -2.19. The van der Waals surface area contributed by atoms with Crippen molar-refractivity contribution in [1.29, 1.82) is 0 Å². The summed E-state index contributed by atoms with van der Waals surface area (Å²) >= 11 is 0. The summed E-state index contributed by atoms with van der Waals surface area (Å²) < 4.78 is 31.8. The van der Waals surface area contributed by atoms with Crippen LogP contribution in [-0.2, 0) is 25.1 Å². The van der Waals surface area contributed by atoms with Crippen molar-refractivity contribution in [2.24, 2.45) is 0 Å². The number of benzene rings is 2. The van der Waals surface area contributed by atoms with E-state index in [4.69, 9.17) is 9.63 Å². The maximum atomic E-state index is 13.7. The number of rotatable bonds is 9. The summed E-state index contributed by atoms with van der Waals surface area (Å²) in [4.78, 5) is 22.6. The van der Waals surface area contributed by atoms with Crippen LogP contribution in [-0.4, -0.2) is 36.3 Å². The van der Waals surface area contributed by atoms with Gasteiger partial charge in [0.1, 0.15) is 12.2 Å². The molecule has 29 heavy (non-hydrogen) atoms. The number of carboxylic acids is 1. The summed E-state index contributed by atoms with van der Waals surface area (Å²) in [5.41, 5.74) is 5.32. The van der Waals surface area contributed by atoms with Gasteiger partial charge in [0.15, 0.2) is 5.78 Å². The van der Waals surface area contributed by atoms with Gasteiger partial charge in [0, 0.05) is 13.3 Å². The van der Waals surface area contributed by atoms with Crippen molar-refractivity contribution in [3.05, 3.63) is 58.4 Å². The summed E-state index contributed by atoms with van der Waals surface area (Å²) in [6.45, 7) is 5.63. The number of hydrogen-bond donors (Lipinski definition) is 1. The molecule has 0 saturated heterocycles. The fourth-order valence-electron chi connectivity index (χ4n) is 3.41. The molecule has 0 aliphatic carbocycles. The average Bonchev–Trinajstić information content (AvgIpc) is 2.62. The van der Waals surface area contributed by atoms with E-state index in [2.05, 4.69) is 0 Å². The molecule has 1 atom stereocenters. The van der Waals surface area contributed by atoms with E-state index >= 15 is 0 Å². The van der Waals surface area contributed by atoms with E-state index in [1.807, 2.05) is 26.0 Å². The number of carbonyl (C=O) groups excluding carboxylic acids is 1. The molecule has 0 amide bonds. The van der Waals surface area contributed by atoms with E-state index < -0.39 is 31.7 Å². The van der Waals surface area contributed by atoms with Crippen LogP contribution in [0.4, 0.5) is 4.39 Å². The van der Waals surface area contributed by atoms with Gasteiger partial charge in [-0.05, 0) is 67.1 Å². The molecule has 0 bridgehead atoms. The molecular formula is C22H26FO5P. The van der Waals surface area contributed by atoms with Crippen molar-refractivity contribution < 1.29 is 28.2 Å². The van der Waals surface area contributed by atoms with Crippen molar-refractivity contribution in [3.63, 3.8) is 0 Å². The molecule has 2 aromatic rings. The third kappa shape index (κ3) is 6.09. The molecule has 5 nitrogen and oxygen atoms in total. The fraction of sp³-hybridized carbons (Fsp3) is 0.364. The third-order valence-corrected chi connectivity index (χ3v) is 7.29. The molecule has 0 heterocycles. The Kier molecular flexibility index (Phi) is 7.50. The molecule has 2 aromatic carbocycles. The van der Waals surface area contributed by atoms with Crippen LogP contribution in [0.5, 0.6) is 0 Å². The van der Waals surface area contributed by atoms with E-state index in [-0.39, 0.29) is 12.0 Å². The molecule has 0 radical (unpaired) electrons. The molecular weight excluding hydrogens is 394 g/mol. The van der Waals surface area contributed by atoms with Crippen LogP contribution in [0.2, 0.25) is 0 Å². The number of aryl methyl sites for hydroxylation is 3. The van der Waals surface area contributed by atoms with Gasteiger partial charge in [-0.1, -0.05) is 23.8 Å². The minimum absolute atomic E-state index is 0.117. The zero-order valence-corrected chi connectivity index (χ0v) is 18.0. The van der Waals surface area contributed by atoms with E-state index in [0.29, 0.717) is 12.0 Å². The van der Waals surface area contributed by atoms with Gasteiger partial charge in [-0.2, -0.15) is 0 Å². The standard InChI is InChI=1S/C22H26FO5P/c1-14-9-15(2)19(20(10-14)17-5-6-21(23)16(3)11-17)7-8-29(27,28-4)13-18(24)12-22(25)26/h5-6,9-11H,7-8,12-13H2,1-4H3,(H,25,26). The van der Waals surface area contributed by atoms with Gasteiger partial charge in [0.05, 0.1) is 6.16 Å². The first-order chi connectivity index (χ1) is 13.5. The number of Topliss-reactive ketones (excluding diaryl/α,β-unsaturated/α-hetero) is 1. The van der Waals surface area contributed by atoms with Gasteiger partial charge in [0.25, 0.3) is 0 Å². The van der Waals surface area contributed by atoms with Crippen molar-refractivity contribution >= 4 is 19.1 Å². The summed E-state index contributed by atoms with van der Waals surface area (Å²) in [6, 6.07) is 8.94. The normalized spacial score (nSPS) is 13.1. The number of carboxylic acid groups (broad SMARTS) is 1. The summed E-state index contributed by atoms with van der Waals surface area (Å²) in [6.07, 6.45) is -0.558. The Bertz CT molecular complexity index is 983. The summed E-state index contributed by atoms with van der Waals surface area (Å²) in [5.74, 6) is -2.14. The first-order valence-corrected chi connectivity index (χ1v) is 11.3. The number of halogens is 1. The first kappa shape index (κ1) is 23.0. The van der Waals surface area contributed by atoms with Crippen LogP contribution in [0.15, 0.2) is 30.3 Å². The lowest BCUT2D eigenvalue weighted by Crippen LogP contribution is -2.14. The smallest absolute Gasteiger partial charge is 0.310 e. The van der Waals surface area contributed by atoms with Crippen LogP contribution in [0, 0.1) is 26.6 Å². The second-order valence-corrected chi connectivity index (χ2v) is 10.1. The van der Waals surface area contributed by atoms with E-state index in [1.54, 1.807) is 19.1 Å². The highest BCUT2D eigenvalue weighted by atomic mass is 31.2. The van der Waals surface area contributed by atoms with Gasteiger partial charge in [-0.3, -0.25) is 14.2 Å². The quantitative estimate of drug-likeness (QED) is 0.460. The lowest BCUT2D eigenvalue weighted by molar-refractivity contribution is -0.139. The highest BCUT2D eigenvalue weighted by Crippen LogP contribution is 2.47. The zero-order valence-electron chi connectivity index (χ0n) is 17.1. The molecule has 1 N–H and O–H groups in total. The number of ketones is 1. The largest absolute Gasteiger partial charge is 0.481 e. The van der Waals surface area contributed by atoms with Crippen molar-refractivity contribution in [2.45, 2.75) is 33.6 Å². The highest BCUT2D eigenvalue weighted by Gasteiger charge is 2.27. The van der Waals surface area contributed by atoms with Crippen LogP contribution < -0.4 is 0 Å². The zero-order chi connectivity index (χ0) is 21.8. The molecule has 156 valence electrons. The molecule has 0 saturated carbocycles. The minimum Gasteiger partial charge on any atom is -0.481 e. The summed E-state index contributed by atoms with van der Waals surface area (Å²) in [5, 5.41) is 8.75. The van der Waals surface area contributed by atoms with Gasteiger partial charge >= 0.3 is 5.97 Å². The minimum atomic E-state index is -3.31. The first-order valence-electron chi connectivity index (χ1n) is 9.28. The predicted octanol–water partition coefficient (Wildman–Crippen LogP) is 4.93. The monoisotopic (exact) mass is 420 g/mol. The van der Waals surface area contributed by atoms with Gasteiger partial charge in [0.2, 0.25) is 7.37 Å². The van der Waals surface area contributed by atoms with Gasteiger partial charge < -0.3 is 9.63 Å². The van der Waals surface area contributed by atoms with Crippen LogP contribution >= 0.6 is 7.37 Å². The SMILES string of the molecule is COP(=O)(CCc1c(C)cc(C)cc1-c1ccc(F)c(C)c1)CC(=O)CC(=O)O. The third-order valence-electron chi connectivity index (χ3n) is 4.89. The molecule has 0 aliphatic rings. The topological polar surface area (TPSA) is 80.7 Å². The Balaban J connectivity index is 2.34. The second kappa shape index (κ2) is 9.47. The number of aliphatic carboxylic acids is 1. The highest BCUT2D eigenvalue weighted by molar-refractivity contribution is 7.59. The molecule has 2 rings (SSSR count). The number of hydrogen-bond acceptors (Lipinski definition) is 4. The Morgan fingerprint density at radius 1 is 1.10 bits per heavy atom. The molecule has 1 unspecified atom stereocenters. The van der Waals surface area contributed by atoms with Crippen molar-refractivity contribution in [3.8, 4) is 11.1 Å². The Morgan fingerprint density at radius 3 is 2.38 bits per heavy atom. The number of carbonyl (C=O) groups is 2. The van der Waals surface area contributed by atoms with Crippen molar-refractivity contribution in [2.75, 3.05) is 19.4 Å². The molecule has 0 spiro atoms. The van der Waals surface area contributed by atoms with Crippen LogP contribution in [0.1, 0.15) is 28.7 Å². The van der Waals surface area contributed by atoms with E-state index in [1.165, 1.54) is 13.2 Å². The Morgan fingerprint density at radius 2 is 1.79 bits per heavy atom. The fourth-order valence-corrected chi connectivity index (χ4v) is 5.09. The van der Waals surface area contributed by atoms with Crippen LogP contribution in [0.25, 0.3) is 11.1 Å². The van der Waals surface area contributed by atoms with E-state index in [9.17, 15) is 18.5 Å². The predicted molar refractivity (Wildman–Crippen MR) is 111 cm³/mol. The lowest BCUT2D eigenvalue weighted by atomic mass is 9.91. The summed E-state index contributed by atoms with van der Waals surface area (Å²) in [7, 11) is -2.03. The molecule has 0 aliphatic heterocycles. The Hall–Kier alpha value is -2.30. The molecule has 7 heteroatoms. The molecule has 0 fully saturated rings. The molecule has 0 aromatic heterocycles. The average molecular weight is 420 g/mol. The van der Waals surface area contributed by atoms with Crippen molar-refractivity contribution in [1.82, 2.24) is 0 Å². The van der Waals surface area contributed by atoms with E-state index in [0.717, 1.165) is 27.8 Å². The Labute approximate surface area is 170 Å². The van der Waals surface area contributed by atoms with Gasteiger partial charge in [-0.25, -0.2) is 4.39 Å². The van der Waals surface area contributed by atoms with Crippen LogP contribution in [0.3, 0.4) is 0 Å². The second-order valence-electron chi connectivity index (χ2n) is 7.31. The maximum Gasteiger partial charge on any atom is 0.310 e. The maximum absolute atomic E-state index is 13.7. The van der Waals surface area contributed by atoms with Gasteiger partial charge in [-0.15, -0.1) is 0 Å².